The van der Waals surface area contributed by atoms with Crippen LogP contribution in [0.4, 0.5) is 0 Å². The van der Waals surface area contributed by atoms with Gasteiger partial charge in [-0.05, 0) is 41.6 Å². The van der Waals surface area contributed by atoms with Crippen LogP contribution in [0, 0.1) is 5.92 Å². The summed E-state index contributed by atoms with van der Waals surface area (Å²) in [5.74, 6) is 0.591. The van der Waals surface area contributed by atoms with Crippen molar-refractivity contribution in [2.24, 2.45) is 5.92 Å². The molecule has 2 atom stereocenters. The van der Waals surface area contributed by atoms with Crippen LogP contribution in [-0.2, 0) is 10.2 Å². The molecule has 0 unspecified atom stereocenters. The second-order valence-electron chi connectivity index (χ2n) is 6.79. The topological polar surface area (TPSA) is 52.9 Å². The SMILES string of the molecule is C[C@@H]1C2=CN(C3CCOCC3)C[C@@]21c1ccc(B(O)O)cc1. The molecule has 1 saturated heterocycles. The highest BCUT2D eigenvalue weighted by atomic mass is 16.5. The number of ether oxygens (including phenoxy) is 1. The van der Waals surface area contributed by atoms with Gasteiger partial charge in [-0.25, -0.2) is 0 Å². The number of hydrogen-bond donors (Lipinski definition) is 2. The maximum Gasteiger partial charge on any atom is 0.488 e. The molecule has 0 bridgehead atoms. The molecule has 4 rings (SSSR count). The van der Waals surface area contributed by atoms with Crippen molar-refractivity contribution in [2.75, 3.05) is 19.8 Å². The van der Waals surface area contributed by atoms with Gasteiger partial charge in [0.15, 0.2) is 0 Å². The molecule has 1 saturated carbocycles. The van der Waals surface area contributed by atoms with E-state index in [-0.39, 0.29) is 5.41 Å². The summed E-state index contributed by atoms with van der Waals surface area (Å²) in [6.45, 7) is 5.09. The van der Waals surface area contributed by atoms with Crippen molar-refractivity contribution in [3.63, 3.8) is 0 Å². The van der Waals surface area contributed by atoms with Crippen LogP contribution in [0.25, 0.3) is 0 Å². The highest BCUT2D eigenvalue weighted by Gasteiger charge is 2.62. The number of hydrogen-bond acceptors (Lipinski definition) is 4. The van der Waals surface area contributed by atoms with E-state index in [1.54, 1.807) is 0 Å². The van der Waals surface area contributed by atoms with Crippen LogP contribution in [0.3, 0.4) is 0 Å². The summed E-state index contributed by atoms with van der Waals surface area (Å²) < 4.78 is 5.47. The summed E-state index contributed by atoms with van der Waals surface area (Å²) in [6, 6.07) is 8.37. The highest BCUT2D eigenvalue weighted by Crippen LogP contribution is 2.63. The quantitative estimate of drug-likeness (QED) is 0.804. The normalized spacial score (nSPS) is 31.0. The Balaban J connectivity index is 1.56. The Kier molecular flexibility index (Phi) is 3.33. The lowest BCUT2D eigenvalue weighted by Crippen LogP contribution is -2.39. The third-order valence-electron chi connectivity index (χ3n) is 5.76. The largest absolute Gasteiger partial charge is 0.488 e. The minimum atomic E-state index is -1.39. The highest BCUT2D eigenvalue weighted by molar-refractivity contribution is 6.58. The lowest BCUT2D eigenvalue weighted by molar-refractivity contribution is 0.0486. The van der Waals surface area contributed by atoms with Crippen molar-refractivity contribution < 1.29 is 14.8 Å². The molecule has 2 aliphatic heterocycles. The molecular formula is C17H22BNO3. The molecular weight excluding hydrogens is 277 g/mol. The van der Waals surface area contributed by atoms with E-state index >= 15 is 0 Å². The first-order chi connectivity index (χ1) is 10.6. The van der Waals surface area contributed by atoms with Gasteiger partial charge in [0.1, 0.15) is 0 Å². The average Bonchev–Trinajstić information content (AvgIpc) is 2.94. The number of fused-ring (bicyclic) bond motifs is 1. The van der Waals surface area contributed by atoms with E-state index in [9.17, 15) is 10.0 Å². The molecule has 3 aliphatic rings. The summed E-state index contributed by atoms with van der Waals surface area (Å²) in [5.41, 5.74) is 3.52. The Hall–Kier alpha value is -1.30. The van der Waals surface area contributed by atoms with E-state index in [4.69, 9.17) is 4.74 Å². The standard InChI is InChI=1S/C17H22BNO3/c1-12-16-10-19(15-6-8-22-9-7-15)11-17(12,16)13-2-4-14(5-3-13)18(20)21/h2-5,10,12,15,20-21H,6-9,11H2,1H3/t12-,17-/m1/s1. The van der Waals surface area contributed by atoms with Crippen LogP contribution < -0.4 is 5.46 Å². The van der Waals surface area contributed by atoms with Crippen molar-refractivity contribution in [1.82, 2.24) is 4.90 Å². The minimum absolute atomic E-state index is 0.150. The first-order valence-corrected chi connectivity index (χ1v) is 8.15. The smallest absolute Gasteiger partial charge is 0.423 e. The van der Waals surface area contributed by atoms with Gasteiger partial charge in [-0.3, -0.25) is 0 Å². The van der Waals surface area contributed by atoms with Gasteiger partial charge in [0.2, 0.25) is 0 Å². The Labute approximate surface area is 131 Å². The molecule has 0 radical (unpaired) electrons. The Bertz CT molecular complexity index is 594. The lowest BCUT2D eigenvalue weighted by Gasteiger charge is -2.34. The van der Waals surface area contributed by atoms with Gasteiger partial charge < -0.3 is 19.7 Å². The van der Waals surface area contributed by atoms with E-state index in [1.165, 1.54) is 11.1 Å². The third-order valence-corrected chi connectivity index (χ3v) is 5.76. The molecule has 1 aliphatic carbocycles. The van der Waals surface area contributed by atoms with Crippen molar-refractivity contribution in [3.8, 4) is 0 Å². The summed E-state index contributed by atoms with van der Waals surface area (Å²) >= 11 is 0. The van der Waals surface area contributed by atoms with E-state index in [0.717, 1.165) is 32.6 Å². The van der Waals surface area contributed by atoms with E-state index in [2.05, 4.69) is 30.2 Å². The molecule has 0 amide bonds. The molecule has 1 aromatic carbocycles. The van der Waals surface area contributed by atoms with Crippen LogP contribution in [-0.4, -0.2) is 47.9 Å². The van der Waals surface area contributed by atoms with Gasteiger partial charge in [-0.15, -0.1) is 0 Å². The maximum atomic E-state index is 9.24. The van der Waals surface area contributed by atoms with Gasteiger partial charge in [0, 0.05) is 31.2 Å². The predicted molar refractivity (Wildman–Crippen MR) is 85.7 cm³/mol. The minimum Gasteiger partial charge on any atom is -0.423 e. The molecule has 116 valence electrons. The fraction of sp³-hybridized carbons (Fsp3) is 0.529. The van der Waals surface area contributed by atoms with Crippen molar-refractivity contribution >= 4 is 12.6 Å². The first kappa shape index (κ1) is 14.3. The van der Waals surface area contributed by atoms with Gasteiger partial charge in [-0.2, -0.15) is 0 Å². The van der Waals surface area contributed by atoms with Crippen LogP contribution in [0.2, 0.25) is 0 Å². The molecule has 4 nitrogen and oxygen atoms in total. The van der Waals surface area contributed by atoms with Crippen molar-refractivity contribution in [1.29, 1.82) is 0 Å². The van der Waals surface area contributed by atoms with E-state index in [1.807, 2.05) is 12.1 Å². The van der Waals surface area contributed by atoms with Crippen LogP contribution in [0.1, 0.15) is 25.3 Å². The predicted octanol–water partition coefficient (Wildman–Crippen LogP) is 0.632. The Morgan fingerprint density at radius 2 is 1.86 bits per heavy atom. The van der Waals surface area contributed by atoms with Crippen LogP contribution in [0.5, 0.6) is 0 Å². The Morgan fingerprint density at radius 3 is 2.50 bits per heavy atom. The molecule has 0 spiro atoms. The summed E-state index contributed by atoms with van der Waals surface area (Å²) in [5, 5.41) is 18.5. The number of benzene rings is 1. The number of rotatable bonds is 3. The van der Waals surface area contributed by atoms with E-state index < -0.39 is 7.12 Å². The second-order valence-corrected chi connectivity index (χ2v) is 6.79. The third kappa shape index (κ3) is 2.03. The second kappa shape index (κ2) is 5.12. The van der Waals surface area contributed by atoms with Gasteiger partial charge >= 0.3 is 7.12 Å². The first-order valence-electron chi connectivity index (χ1n) is 8.15. The average molecular weight is 299 g/mol. The summed E-state index contributed by atoms with van der Waals surface area (Å²) in [6.07, 6.45) is 4.60. The fourth-order valence-corrected chi connectivity index (χ4v) is 4.25. The summed E-state index contributed by atoms with van der Waals surface area (Å²) in [7, 11) is -1.39. The molecule has 22 heavy (non-hydrogen) atoms. The van der Waals surface area contributed by atoms with Crippen molar-refractivity contribution in [2.45, 2.75) is 31.2 Å². The molecule has 2 heterocycles. The van der Waals surface area contributed by atoms with Crippen LogP contribution >= 0.6 is 0 Å². The molecule has 2 fully saturated rings. The zero-order valence-corrected chi connectivity index (χ0v) is 12.9. The van der Waals surface area contributed by atoms with Gasteiger partial charge in [0.05, 0.1) is 0 Å². The summed E-state index contributed by atoms with van der Waals surface area (Å²) in [4.78, 5) is 2.51. The van der Waals surface area contributed by atoms with E-state index in [0.29, 0.717) is 17.4 Å². The Morgan fingerprint density at radius 1 is 1.18 bits per heavy atom. The van der Waals surface area contributed by atoms with Gasteiger partial charge in [0.25, 0.3) is 0 Å². The molecule has 1 aromatic rings. The fourth-order valence-electron chi connectivity index (χ4n) is 4.25. The lowest BCUT2D eigenvalue weighted by atomic mass is 9.79. The van der Waals surface area contributed by atoms with Crippen LogP contribution in [0.15, 0.2) is 36.0 Å². The molecule has 2 N–H and O–H groups in total. The molecule has 5 heteroatoms. The van der Waals surface area contributed by atoms with Gasteiger partial charge in [-0.1, -0.05) is 31.2 Å². The zero-order chi connectivity index (χ0) is 15.3. The molecule has 0 aromatic heterocycles. The van der Waals surface area contributed by atoms with Crippen molar-refractivity contribution in [3.05, 3.63) is 41.6 Å². The zero-order valence-electron chi connectivity index (χ0n) is 12.9. The monoisotopic (exact) mass is 299 g/mol. The number of nitrogens with zero attached hydrogens (tertiary/aromatic N) is 1. The maximum absolute atomic E-state index is 9.24.